The van der Waals surface area contributed by atoms with Crippen LogP contribution in [0.5, 0.6) is 0 Å². The standard InChI is InChI=1S/C14H24N4/c1-18-12(6-7-16-18)4-5-14(17-15)13-9-10-2-3-11(13)8-10/h6-7,10-11,13-14,17H,2-5,8-9,15H2,1H3. The average Bonchev–Trinajstić information content (AvgIpc) is 3.07. The van der Waals surface area contributed by atoms with Crippen LogP contribution in [-0.4, -0.2) is 15.8 Å². The van der Waals surface area contributed by atoms with E-state index in [1.807, 2.05) is 17.9 Å². The van der Waals surface area contributed by atoms with Crippen LogP contribution in [0.15, 0.2) is 12.3 Å². The molecule has 0 saturated heterocycles. The summed E-state index contributed by atoms with van der Waals surface area (Å²) in [7, 11) is 2.01. The summed E-state index contributed by atoms with van der Waals surface area (Å²) in [6, 6.07) is 2.59. The predicted octanol–water partition coefficient (Wildman–Crippen LogP) is 1.62. The molecule has 4 unspecified atom stereocenters. The van der Waals surface area contributed by atoms with Gasteiger partial charge in [0.1, 0.15) is 0 Å². The smallest absolute Gasteiger partial charge is 0.0492 e. The van der Waals surface area contributed by atoms with Crippen LogP contribution in [0.2, 0.25) is 0 Å². The van der Waals surface area contributed by atoms with Crippen LogP contribution in [-0.2, 0) is 13.5 Å². The molecule has 0 spiro atoms. The highest BCUT2D eigenvalue weighted by Gasteiger charge is 2.42. The first-order valence-corrected chi connectivity index (χ1v) is 7.21. The molecule has 2 saturated carbocycles. The van der Waals surface area contributed by atoms with Crippen LogP contribution in [0.25, 0.3) is 0 Å². The van der Waals surface area contributed by atoms with E-state index < -0.39 is 0 Å². The second kappa shape index (κ2) is 5.02. The first-order chi connectivity index (χ1) is 8.78. The highest BCUT2D eigenvalue weighted by atomic mass is 15.3. The van der Waals surface area contributed by atoms with Crippen molar-refractivity contribution in [2.45, 2.75) is 44.6 Å². The summed E-state index contributed by atoms with van der Waals surface area (Å²) in [4.78, 5) is 0. The van der Waals surface area contributed by atoms with Gasteiger partial charge in [-0.3, -0.25) is 16.0 Å². The highest BCUT2D eigenvalue weighted by Crippen LogP contribution is 2.49. The fourth-order valence-electron chi connectivity index (χ4n) is 4.16. The third kappa shape index (κ3) is 2.19. The lowest BCUT2D eigenvalue weighted by Crippen LogP contribution is -2.43. The molecule has 4 atom stereocenters. The molecule has 0 aliphatic heterocycles. The lowest BCUT2D eigenvalue weighted by atomic mass is 9.81. The average molecular weight is 248 g/mol. The molecule has 1 aromatic heterocycles. The molecule has 1 heterocycles. The number of fused-ring (bicyclic) bond motifs is 2. The summed E-state index contributed by atoms with van der Waals surface area (Å²) in [6.07, 6.45) is 9.81. The number of nitrogens with two attached hydrogens (primary N) is 1. The molecular formula is C14H24N4. The van der Waals surface area contributed by atoms with Crippen molar-refractivity contribution >= 4 is 0 Å². The number of nitrogens with one attached hydrogen (secondary N) is 1. The second-order valence-corrected chi connectivity index (χ2v) is 6.10. The maximum atomic E-state index is 5.79. The maximum absolute atomic E-state index is 5.79. The summed E-state index contributed by atoms with van der Waals surface area (Å²) in [5.41, 5.74) is 4.39. The lowest BCUT2D eigenvalue weighted by Gasteiger charge is -2.30. The molecule has 2 aliphatic rings. The van der Waals surface area contributed by atoms with E-state index in [2.05, 4.69) is 16.6 Å². The van der Waals surface area contributed by atoms with Crippen LogP contribution in [0, 0.1) is 17.8 Å². The number of hydrazine groups is 1. The molecule has 0 amide bonds. The predicted molar refractivity (Wildman–Crippen MR) is 71.6 cm³/mol. The Balaban J connectivity index is 1.58. The van der Waals surface area contributed by atoms with Gasteiger partial charge in [0.2, 0.25) is 0 Å². The number of nitrogens with zero attached hydrogens (tertiary/aromatic N) is 2. The number of rotatable bonds is 5. The Labute approximate surface area is 109 Å². The van der Waals surface area contributed by atoms with E-state index in [1.165, 1.54) is 31.4 Å². The van der Waals surface area contributed by atoms with Gasteiger partial charge in [-0.05, 0) is 55.9 Å². The second-order valence-electron chi connectivity index (χ2n) is 6.10. The Morgan fingerprint density at radius 2 is 2.39 bits per heavy atom. The van der Waals surface area contributed by atoms with Crippen molar-refractivity contribution in [2.24, 2.45) is 30.6 Å². The fraction of sp³-hybridized carbons (Fsp3) is 0.786. The molecule has 4 heteroatoms. The Kier molecular flexibility index (Phi) is 3.39. The molecule has 18 heavy (non-hydrogen) atoms. The monoisotopic (exact) mass is 248 g/mol. The van der Waals surface area contributed by atoms with Gasteiger partial charge < -0.3 is 0 Å². The van der Waals surface area contributed by atoms with Gasteiger partial charge in [0.25, 0.3) is 0 Å². The minimum atomic E-state index is 0.482. The van der Waals surface area contributed by atoms with E-state index in [4.69, 9.17) is 5.84 Å². The molecule has 3 N–H and O–H groups in total. The van der Waals surface area contributed by atoms with Crippen LogP contribution in [0.1, 0.15) is 37.8 Å². The van der Waals surface area contributed by atoms with Crippen molar-refractivity contribution in [3.05, 3.63) is 18.0 Å². The minimum Gasteiger partial charge on any atom is -0.273 e. The van der Waals surface area contributed by atoms with Crippen molar-refractivity contribution in [3.63, 3.8) is 0 Å². The molecule has 0 aromatic carbocycles. The van der Waals surface area contributed by atoms with E-state index >= 15 is 0 Å². The normalized spacial score (nSPS) is 32.0. The van der Waals surface area contributed by atoms with Crippen LogP contribution in [0.4, 0.5) is 0 Å². The highest BCUT2D eigenvalue weighted by molar-refractivity contribution is 5.02. The molecule has 1 aromatic rings. The summed E-state index contributed by atoms with van der Waals surface area (Å²) in [5.74, 6) is 8.52. The van der Waals surface area contributed by atoms with Gasteiger partial charge in [-0.2, -0.15) is 5.10 Å². The Hall–Kier alpha value is -0.870. The van der Waals surface area contributed by atoms with Gasteiger partial charge in [-0.25, -0.2) is 0 Å². The number of aryl methyl sites for hydroxylation is 2. The summed E-state index contributed by atoms with van der Waals surface area (Å²) >= 11 is 0. The Morgan fingerprint density at radius 3 is 2.94 bits per heavy atom. The van der Waals surface area contributed by atoms with Gasteiger partial charge in [0, 0.05) is 25.0 Å². The molecule has 2 bridgehead atoms. The first-order valence-electron chi connectivity index (χ1n) is 7.21. The molecule has 4 nitrogen and oxygen atoms in total. The van der Waals surface area contributed by atoms with Crippen molar-refractivity contribution in [3.8, 4) is 0 Å². The van der Waals surface area contributed by atoms with Crippen molar-refractivity contribution < 1.29 is 0 Å². The summed E-state index contributed by atoms with van der Waals surface area (Å²) in [6.45, 7) is 0. The van der Waals surface area contributed by atoms with Gasteiger partial charge in [-0.1, -0.05) is 6.42 Å². The SMILES string of the molecule is Cn1nccc1CCC(NN)C1CC2CCC1C2. The number of hydrogen-bond acceptors (Lipinski definition) is 3. The Morgan fingerprint density at radius 1 is 1.50 bits per heavy atom. The molecule has 2 aliphatic carbocycles. The van der Waals surface area contributed by atoms with Crippen LogP contribution >= 0.6 is 0 Å². The van der Waals surface area contributed by atoms with E-state index in [9.17, 15) is 0 Å². The molecule has 0 radical (unpaired) electrons. The number of aromatic nitrogens is 2. The Bertz CT molecular complexity index is 400. The van der Waals surface area contributed by atoms with E-state index in [0.717, 1.165) is 30.6 Å². The van der Waals surface area contributed by atoms with Crippen LogP contribution in [0.3, 0.4) is 0 Å². The summed E-state index contributed by atoms with van der Waals surface area (Å²) < 4.78 is 1.97. The van der Waals surface area contributed by atoms with E-state index in [-0.39, 0.29) is 0 Å². The summed E-state index contributed by atoms with van der Waals surface area (Å²) in [5, 5.41) is 4.22. The van der Waals surface area contributed by atoms with Gasteiger partial charge in [-0.15, -0.1) is 0 Å². The maximum Gasteiger partial charge on any atom is 0.0492 e. The fourth-order valence-corrected chi connectivity index (χ4v) is 4.16. The zero-order valence-corrected chi connectivity index (χ0v) is 11.2. The zero-order chi connectivity index (χ0) is 12.5. The number of hydrogen-bond donors (Lipinski definition) is 2. The minimum absolute atomic E-state index is 0.482. The van der Waals surface area contributed by atoms with E-state index in [0.29, 0.717) is 6.04 Å². The largest absolute Gasteiger partial charge is 0.273 e. The van der Waals surface area contributed by atoms with Gasteiger partial charge in [0.05, 0.1) is 0 Å². The van der Waals surface area contributed by atoms with E-state index in [1.54, 1.807) is 0 Å². The third-order valence-corrected chi connectivity index (χ3v) is 5.16. The quantitative estimate of drug-likeness (QED) is 0.615. The molecule has 3 rings (SSSR count). The molecule has 2 fully saturated rings. The van der Waals surface area contributed by atoms with Gasteiger partial charge in [0.15, 0.2) is 0 Å². The first kappa shape index (κ1) is 12.2. The molecule has 100 valence electrons. The third-order valence-electron chi connectivity index (χ3n) is 5.16. The topological polar surface area (TPSA) is 55.9 Å². The van der Waals surface area contributed by atoms with Gasteiger partial charge >= 0.3 is 0 Å². The van der Waals surface area contributed by atoms with Crippen molar-refractivity contribution in [1.29, 1.82) is 0 Å². The van der Waals surface area contributed by atoms with Crippen molar-refractivity contribution in [1.82, 2.24) is 15.2 Å². The van der Waals surface area contributed by atoms with Crippen molar-refractivity contribution in [2.75, 3.05) is 0 Å². The lowest BCUT2D eigenvalue weighted by molar-refractivity contribution is 0.239. The molecular weight excluding hydrogens is 224 g/mol. The zero-order valence-electron chi connectivity index (χ0n) is 11.2. The van der Waals surface area contributed by atoms with Crippen LogP contribution < -0.4 is 11.3 Å².